The molecular weight excluding hydrogens is 518 g/mol. The minimum atomic E-state index is -0.501. The van der Waals surface area contributed by atoms with E-state index in [2.05, 4.69) is 26.5 Å². The molecule has 10 heteroatoms. The Morgan fingerprint density at radius 1 is 1.11 bits per heavy atom. The van der Waals surface area contributed by atoms with Gasteiger partial charge in [-0.05, 0) is 67.1 Å². The maximum absolute atomic E-state index is 12.5. The topological polar surface area (TPSA) is 116 Å². The van der Waals surface area contributed by atoms with E-state index in [0.717, 1.165) is 15.4 Å². The molecular formula is C25H20BrN3O6. The molecule has 1 N–H and O–H groups in total. The van der Waals surface area contributed by atoms with Crippen LogP contribution < -0.4 is 14.9 Å². The summed E-state index contributed by atoms with van der Waals surface area (Å²) >= 11 is 3.41. The van der Waals surface area contributed by atoms with Crippen molar-refractivity contribution in [2.75, 3.05) is 6.61 Å². The van der Waals surface area contributed by atoms with E-state index in [-0.39, 0.29) is 18.1 Å². The molecule has 0 unspecified atom stereocenters. The molecule has 35 heavy (non-hydrogen) atoms. The van der Waals surface area contributed by atoms with Crippen LogP contribution in [-0.4, -0.2) is 23.7 Å². The zero-order valence-corrected chi connectivity index (χ0v) is 20.2. The second-order valence-electron chi connectivity index (χ2n) is 7.34. The molecule has 0 fully saturated rings. The smallest absolute Gasteiger partial charge is 0.307 e. The van der Waals surface area contributed by atoms with Gasteiger partial charge in [0.15, 0.2) is 5.76 Å². The zero-order valence-electron chi connectivity index (χ0n) is 18.6. The Hall–Kier alpha value is -4.18. The summed E-state index contributed by atoms with van der Waals surface area (Å²) in [4.78, 5) is 22.9. The van der Waals surface area contributed by atoms with Gasteiger partial charge in [0.05, 0.1) is 17.7 Å². The van der Waals surface area contributed by atoms with Crippen LogP contribution in [0, 0.1) is 10.1 Å². The highest BCUT2D eigenvalue weighted by atomic mass is 79.9. The molecule has 9 nitrogen and oxygen atoms in total. The molecule has 4 aromatic rings. The van der Waals surface area contributed by atoms with Crippen molar-refractivity contribution >= 4 is 44.7 Å². The normalized spacial score (nSPS) is 11.0. The number of amides is 1. The van der Waals surface area contributed by atoms with Crippen LogP contribution in [0.25, 0.3) is 11.0 Å². The average Bonchev–Trinajstić information content (AvgIpc) is 3.27. The van der Waals surface area contributed by atoms with Crippen molar-refractivity contribution in [2.24, 2.45) is 5.10 Å². The third-order valence-corrected chi connectivity index (χ3v) is 5.40. The number of furan rings is 1. The maximum Gasteiger partial charge on any atom is 0.307 e. The molecule has 0 bridgehead atoms. The van der Waals surface area contributed by atoms with E-state index in [9.17, 15) is 14.9 Å². The number of nitro benzene ring substituents is 1. The lowest BCUT2D eigenvalue weighted by molar-refractivity contribution is -0.384. The number of benzene rings is 3. The number of carbonyl (C=O) groups excluding carboxylic acids is 1. The summed E-state index contributed by atoms with van der Waals surface area (Å²) in [6, 6.07) is 18.4. The number of rotatable bonds is 9. The number of hydrogen-bond acceptors (Lipinski definition) is 7. The van der Waals surface area contributed by atoms with Gasteiger partial charge in [0.2, 0.25) is 0 Å². The first-order valence-electron chi connectivity index (χ1n) is 10.6. The van der Waals surface area contributed by atoms with E-state index in [1.165, 1.54) is 18.3 Å². The van der Waals surface area contributed by atoms with E-state index in [0.29, 0.717) is 29.3 Å². The summed E-state index contributed by atoms with van der Waals surface area (Å²) < 4.78 is 17.7. The van der Waals surface area contributed by atoms with Crippen LogP contribution in [0.5, 0.6) is 11.5 Å². The fraction of sp³-hybridized carbons (Fsp3) is 0.120. The number of hydrazone groups is 1. The quantitative estimate of drug-likeness (QED) is 0.163. The van der Waals surface area contributed by atoms with Crippen molar-refractivity contribution in [2.45, 2.75) is 13.5 Å². The number of hydrogen-bond donors (Lipinski definition) is 1. The Balaban J connectivity index is 1.43. The lowest BCUT2D eigenvalue weighted by Crippen LogP contribution is -2.16. The molecule has 1 heterocycles. The summed E-state index contributed by atoms with van der Waals surface area (Å²) in [5.74, 6) is 0.840. The SMILES string of the molecule is CCOc1ccc2oc(C(=O)N/N=C/c3cc(Br)ccc3OCc3ccc([N+](=O)[O-])cc3)cc2c1. The number of fused-ring (bicyclic) bond motifs is 1. The van der Waals surface area contributed by atoms with Crippen LogP contribution in [0.4, 0.5) is 5.69 Å². The van der Waals surface area contributed by atoms with Crippen LogP contribution in [0.3, 0.4) is 0 Å². The first-order chi connectivity index (χ1) is 16.9. The fourth-order valence-electron chi connectivity index (χ4n) is 3.23. The van der Waals surface area contributed by atoms with E-state index < -0.39 is 10.8 Å². The van der Waals surface area contributed by atoms with Crippen molar-refractivity contribution in [3.8, 4) is 11.5 Å². The highest BCUT2D eigenvalue weighted by Crippen LogP contribution is 2.25. The second-order valence-corrected chi connectivity index (χ2v) is 8.25. The van der Waals surface area contributed by atoms with E-state index >= 15 is 0 Å². The number of halogens is 1. The van der Waals surface area contributed by atoms with E-state index in [1.807, 2.05) is 13.0 Å². The standard InChI is InChI=1S/C25H20BrN3O6/c1-2-33-21-8-10-23-17(12-21)13-24(35-23)25(30)28-27-14-18-11-19(26)5-9-22(18)34-15-16-3-6-20(7-4-16)29(31)32/h3-14H,2,15H2,1H3,(H,28,30)/b27-14+. The third kappa shape index (κ3) is 6.04. The number of non-ortho nitro benzene ring substituents is 1. The Bertz CT molecular complexity index is 1400. The van der Waals surface area contributed by atoms with Gasteiger partial charge in [-0.15, -0.1) is 0 Å². The van der Waals surface area contributed by atoms with Crippen molar-refractivity contribution in [1.82, 2.24) is 5.43 Å². The second kappa shape index (κ2) is 10.8. The Kier molecular flexibility index (Phi) is 7.41. The lowest BCUT2D eigenvalue weighted by Gasteiger charge is -2.09. The Morgan fingerprint density at radius 3 is 2.66 bits per heavy atom. The van der Waals surface area contributed by atoms with Crippen LogP contribution in [0.15, 0.2) is 80.7 Å². The molecule has 4 rings (SSSR count). The number of ether oxygens (including phenoxy) is 2. The predicted molar refractivity (Wildman–Crippen MR) is 134 cm³/mol. The molecule has 0 radical (unpaired) electrons. The minimum absolute atomic E-state index is 0.0140. The predicted octanol–water partition coefficient (Wildman–Crippen LogP) is 5.85. The van der Waals surface area contributed by atoms with Crippen LogP contribution in [0.1, 0.15) is 28.6 Å². The van der Waals surface area contributed by atoms with Gasteiger partial charge in [-0.2, -0.15) is 5.10 Å². The first kappa shape index (κ1) is 24.0. The number of nitro groups is 1. The minimum Gasteiger partial charge on any atom is -0.494 e. The van der Waals surface area contributed by atoms with Crippen molar-refractivity contribution in [1.29, 1.82) is 0 Å². The third-order valence-electron chi connectivity index (χ3n) is 4.91. The van der Waals surface area contributed by atoms with Gasteiger partial charge in [0.25, 0.3) is 5.69 Å². The van der Waals surface area contributed by atoms with Gasteiger partial charge in [-0.25, -0.2) is 5.43 Å². The van der Waals surface area contributed by atoms with Gasteiger partial charge in [-0.3, -0.25) is 14.9 Å². The van der Waals surface area contributed by atoms with Crippen LogP contribution in [-0.2, 0) is 6.61 Å². The van der Waals surface area contributed by atoms with Gasteiger partial charge in [-0.1, -0.05) is 15.9 Å². The fourth-order valence-corrected chi connectivity index (χ4v) is 3.61. The first-order valence-corrected chi connectivity index (χ1v) is 11.4. The van der Waals surface area contributed by atoms with Gasteiger partial charge < -0.3 is 13.9 Å². The molecule has 0 saturated carbocycles. The largest absolute Gasteiger partial charge is 0.494 e. The molecule has 0 aliphatic carbocycles. The van der Waals surface area contributed by atoms with Crippen molar-refractivity contribution in [3.05, 3.63) is 98.2 Å². The molecule has 1 amide bonds. The summed E-state index contributed by atoms with van der Waals surface area (Å²) in [7, 11) is 0. The van der Waals surface area contributed by atoms with E-state index in [4.69, 9.17) is 13.9 Å². The van der Waals surface area contributed by atoms with Crippen molar-refractivity contribution < 1.29 is 23.6 Å². The van der Waals surface area contributed by atoms with Crippen molar-refractivity contribution in [3.63, 3.8) is 0 Å². The molecule has 0 spiro atoms. The molecule has 1 aromatic heterocycles. The molecule has 0 aliphatic heterocycles. The van der Waals surface area contributed by atoms with Crippen LogP contribution >= 0.6 is 15.9 Å². The summed E-state index contributed by atoms with van der Waals surface area (Å²) in [6.07, 6.45) is 1.46. The molecule has 3 aromatic carbocycles. The summed E-state index contributed by atoms with van der Waals surface area (Å²) in [5.41, 5.74) is 4.43. The molecule has 0 aliphatic rings. The monoisotopic (exact) mass is 537 g/mol. The molecule has 0 atom stereocenters. The Labute approximate surface area is 208 Å². The molecule has 178 valence electrons. The van der Waals surface area contributed by atoms with Gasteiger partial charge >= 0.3 is 5.91 Å². The lowest BCUT2D eigenvalue weighted by atomic mass is 10.2. The number of carbonyl (C=O) groups is 1. The summed E-state index contributed by atoms with van der Waals surface area (Å²) in [5, 5.41) is 15.6. The number of nitrogens with zero attached hydrogens (tertiary/aromatic N) is 2. The van der Waals surface area contributed by atoms with E-state index in [1.54, 1.807) is 48.5 Å². The highest BCUT2D eigenvalue weighted by Gasteiger charge is 2.13. The van der Waals surface area contributed by atoms with Gasteiger partial charge in [0.1, 0.15) is 23.7 Å². The zero-order chi connectivity index (χ0) is 24.8. The van der Waals surface area contributed by atoms with Gasteiger partial charge in [0, 0.05) is 27.6 Å². The maximum atomic E-state index is 12.5. The highest BCUT2D eigenvalue weighted by molar-refractivity contribution is 9.10. The van der Waals surface area contributed by atoms with Crippen LogP contribution in [0.2, 0.25) is 0 Å². The number of nitrogens with one attached hydrogen (secondary N) is 1. The molecule has 0 saturated heterocycles. The Morgan fingerprint density at radius 2 is 1.91 bits per heavy atom. The summed E-state index contributed by atoms with van der Waals surface area (Å²) in [6.45, 7) is 2.64. The average molecular weight is 538 g/mol.